The van der Waals surface area contributed by atoms with E-state index in [1.807, 2.05) is 24.3 Å². The van der Waals surface area contributed by atoms with Gasteiger partial charge in [0.15, 0.2) is 0 Å². The fourth-order valence-corrected chi connectivity index (χ4v) is 1.99. The highest BCUT2D eigenvalue weighted by Gasteiger charge is 2.17. The molecule has 0 spiro atoms. The summed E-state index contributed by atoms with van der Waals surface area (Å²) in [5.74, 6) is 0.0128. The number of rotatable bonds is 4. The third-order valence-electron chi connectivity index (χ3n) is 2.80. The number of carbonyl (C=O) groups excluding carboxylic acids is 1. The second-order valence-corrected chi connectivity index (χ2v) is 4.89. The van der Waals surface area contributed by atoms with Crippen LogP contribution in [0.1, 0.15) is 19.3 Å². The van der Waals surface area contributed by atoms with Gasteiger partial charge in [-0.05, 0) is 40.9 Å². The van der Waals surface area contributed by atoms with Gasteiger partial charge in [-0.25, -0.2) is 0 Å². The number of nitrogens with one attached hydrogen (secondary N) is 2. The highest BCUT2D eigenvalue weighted by Crippen LogP contribution is 2.21. The number of amides is 1. The second kappa shape index (κ2) is 5.46. The monoisotopic (exact) mass is 282 g/mol. The van der Waals surface area contributed by atoms with Crippen molar-refractivity contribution in [2.75, 3.05) is 11.9 Å². The van der Waals surface area contributed by atoms with E-state index < -0.39 is 0 Å². The first-order valence-electron chi connectivity index (χ1n) is 5.53. The standard InChI is InChI=1S/C12H15BrN2O/c13-10-6-1-2-7-11(10)15-12(16)8-14-9-4-3-5-9/h1-2,6-7,9,14H,3-5,8H2,(H,15,16). The summed E-state index contributed by atoms with van der Waals surface area (Å²) in [6.07, 6.45) is 3.67. The van der Waals surface area contributed by atoms with Gasteiger partial charge in [-0.2, -0.15) is 0 Å². The Hall–Kier alpha value is -0.870. The normalized spacial score (nSPS) is 15.6. The molecule has 1 fully saturated rings. The zero-order valence-corrected chi connectivity index (χ0v) is 10.6. The van der Waals surface area contributed by atoms with E-state index in [4.69, 9.17) is 0 Å². The Balaban J connectivity index is 1.80. The summed E-state index contributed by atoms with van der Waals surface area (Å²) in [7, 11) is 0. The van der Waals surface area contributed by atoms with Gasteiger partial charge in [-0.1, -0.05) is 18.6 Å². The molecule has 0 unspecified atom stereocenters. The lowest BCUT2D eigenvalue weighted by Crippen LogP contribution is -2.40. The zero-order chi connectivity index (χ0) is 11.4. The fraction of sp³-hybridized carbons (Fsp3) is 0.417. The maximum Gasteiger partial charge on any atom is 0.238 e. The Bertz CT molecular complexity index is 377. The zero-order valence-electron chi connectivity index (χ0n) is 9.00. The lowest BCUT2D eigenvalue weighted by molar-refractivity contribution is -0.115. The lowest BCUT2D eigenvalue weighted by Gasteiger charge is -2.26. The number of hydrogen-bond acceptors (Lipinski definition) is 2. The van der Waals surface area contributed by atoms with Crippen molar-refractivity contribution >= 4 is 27.5 Å². The lowest BCUT2D eigenvalue weighted by atomic mass is 9.93. The van der Waals surface area contributed by atoms with Crippen molar-refractivity contribution < 1.29 is 4.79 Å². The van der Waals surface area contributed by atoms with Gasteiger partial charge in [0.25, 0.3) is 0 Å². The smallest absolute Gasteiger partial charge is 0.238 e. The van der Waals surface area contributed by atoms with Crippen LogP contribution < -0.4 is 10.6 Å². The molecule has 2 rings (SSSR count). The first-order valence-corrected chi connectivity index (χ1v) is 6.33. The largest absolute Gasteiger partial charge is 0.324 e. The summed E-state index contributed by atoms with van der Waals surface area (Å²) < 4.78 is 0.909. The predicted molar refractivity (Wildman–Crippen MR) is 68.4 cm³/mol. The summed E-state index contributed by atoms with van der Waals surface area (Å²) >= 11 is 3.39. The first kappa shape index (κ1) is 11.6. The molecule has 1 aliphatic carbocycles. The number of hydrogen-bond donors (Lipinski definition) is 2. The van der Waals surface area contributed by atoms with Gasteiger partial charge in [-0.3, -0.25) is 4.79 Å². The third kappa shape index (κ3) is 3.06. The van der Waals surface area contributed by atoms with Crippen molar-refractivity contribution in [2.24, 2.45) is 0 Å². The third-order valence-corrected chi connectivity index (χ3v) is 3.50. The molecule has 0 atom stereocenters. The van der Waals surface area contributed by atoms with Crippen molar-refractivity contribution in [3.8, 4) is 0 Å². The maximum absolute atomic E-state index is 11.6. The average molecular weight is 283 g/mol. The molecule has 1 saturated carbocycles. The van der Waals surface area contributed by atoms with Crippen LogP contribution in [0, 0.1) is 0 Å². The van der Waals surface area contributed by atoms with E-state index in [2.05, 4.69) is 26.6 Å². The quantitative estimate of drug-likeness (QED) is 0.891. The molecule has 0 aromatic heterocycles. The van der Waals surface area contributed by atoms with Crippen LogP contribution in [0.4, 0.5) is 5.69 Å². The molecule has 0 bridgehead atoms. The van der Waals surface area contributed by atoms with Crippen molar-refractivity contribution in [3.63, 3.8) is 0 Å². The highest BCUT2D eigenvalue weighted by atomic mass is 79.9. The molecule has 0 radical (unpaired) electrons. The summed E-state index contributed by atoms with van der Waals surface area (Å²) in [4.78, 5) is 11.6. The van der Waals surface area contributed by atoms with Crippen molar-refractivity contribution in [1.82, 2.24) is 5.32 Å². The molecule has 1 aromatic rings. The second-order valence-electron chi connectivity index (χ2n) is 4.04. The molecular formula is C12H15BrN2O. The van der Waals surface area contributed by atoms with Gasteiger partial charge >= 0.3 is 0 Å². The van der Waals surface area contributed by atoms with Gasteiger partial charge in [0, 0.05) is 10.5 Å². The van der Waals surface area contributed by atoms with Crippen LogP contribution in [0.25, 0.3) is 0 Å². The molecule has 86 valence electrons. The maximum atomic E-state index is 11.6. The summed E-state index contributed by atoms with van der Waals surface area (Å²) in [5, 5.41) is 6.10. The molecule has 1 aromatic carbocycles. The molecule has 0 aliphatic heterocycles. The van der Waals surface area contributed by atoms with Crippen LogP contribution >= 0.6 is 15.9 Å². The number of para-hydroxylation sites is 1. The van der Waals surface area contributed by atoms with Crippen LogP contribution in [-0.4, -0.2) is 18.5 Å². The molecule has 16 heavy (non-hydrogen) atoms. The molecule has 0 saturated heterocycles. The van der Waals surface area contributed by atoms with Gasteiger partial charge in [0.2, 0.25) is 5.91 Å². The number of carbonyl (C=O) groups is 1. The van der Waals surface area contributed by atoms with Crippen LogP contribution in [0.15, 0.2) is 28.7 Å². The Morgan fingerprint density at radius 1 is 1.38 bits per heavy atom. The molecule has 3 nitrogen and oxygen atoms in total. The average Bonchev–Trinajstić information content (AvgIpc) is 2.19. The van der Waals surface area contributed by atoms with E-state index in [1.54, 1.807) is 0 Å². The highest BCUT2D eigenvalue weighted by molar-refractivity contribution is 9.10. The minimum Gasteiger partial charge on any atom is -0.324 e. The summed E-state index contributed by atoms with van der Waals surface area (Å²) in [6, 6.07) is 8.16. The summed E-state index contributed by atoms with van der Waals surface area (Å²) in [5.41, 5.74) is 0.822. The van der Waals surface area contributed by atoms with Gasteiger partial charge in [0.1, 0.15) is 0 Å². The molecule has 2 N–H and O–H groups in total. The van der Waals surface area contributed by atoms with Crippen LogP contribution in [0.3, 0.4) is 0 Å². The molecule has 1 amide bonds. The topological polar surface area (TPSA) is 41.1 Å². The number of anilines is 1. The first-order chi connectivity index (χ1) is 7.75. The fourth-order valence-electron chi connectivity index (χ4n) is 1.61. The minimum absolute atomic E-state index is 0.0128. The van der Waals surface area contributed by atoms with E-state index >= 15 is 0 Å². The van der Waals surface area contributed by atoms with Crippen LogP contribution in [-0.2, 0) is 4.79 Å². The molecule has 1 aliphatic rings. The molecule has 4 heteroatoms. The predicted octanol–water partition coefficient (Wildman–Crippen LogP) is 2.53. The molecule has 0 heterocycles. The van der Waals surface area contributed by atoms with E-state index in [9.17, 15) is 4.79 Å². The molecular weight excluding hydrogens is 268 g/mol. The van der Waals surface area contributed by atoms with E-state index in [0.717, 1.165) is 10.2 Å². The SMILES string of the molecule is O=C(CNC1CCC1)Nc1ccccc1Br. The Labute approximate surface area is 104 Å². The van der Waals surface area contributed by atoms with Gasteiger partial charge in [-0.15, -0.1) is 0 Å². The van der Waals surface area contributed by atoms with Gasteiger partial charge in [0.05, 0.1) is 12.2 Å². The Morgan fingerprint density at radius 3 is 2.75 bits per heavy atom. The minimum atomic E-state index is 0.0128. The van der Waals surface area contributed by atoms with Crippen molar-refractivity contribution in [2.45, 2.75) is 25.3 Å². The number of benzene rings is 1. The van der Waals surface area contributed by atoms with Crippen LogP contribution in [0.5, 0.6) is 0 Å². The Kier molecular flexibility index (Phi) is 3.96. The Morgan fingerprint density at radius 2 is 2.12 bits per heavy atom. The van der Waals surface area contributed by atoms with Crippen molar-refractivity contribution in [1.29, 1.82) is 0 Å². The summed E-state index contributed by atoms with van der Waals surface area (Å²) in [6.45, 7) is 0.395. The number of halogens is 1. The van der Waals surface area contributed by atoms with E-state index in [0.29, 0.717) is 12.6 Å². The van der Waals surface area contributed by atoms with Crippen LogP contribution in [0.2, 0.25) is 0 Å². The van der Waals surface area contributed by atoms with E-state index in [-0.39, 0.29) is 5.91 Å². The van der Waals surface area contributed by atoms with Crippen molar-refractivity contribution in [3.05, 3.63) is 28.7 Å². The van der Waals surface area contributed by atoms with Gasteiger partial charge < -0.3 is 10.6 Å². The van der Waals surface area contributed by atoms with E-state index in [1.165, 1.54) is 19.3 Å².